The van der Waals surface area contributed by atoms with Gasteiger partial charge in [0, 0.05) is 29.7 Å². The molecule has 0 amide bonds. The molecule has 0 spiro atoms. The number of hydrogen-bond acceptors (Lipinski definition) is 4. The smallest absolute Gasteiger partial charge is 0.264 e. The maximum Gasteiger partial charge on any atom is 0.433 e. The van der Waals surface area contributed by atoms with Crippen LogP contribution in [0.2, 0.25) is 0 Å². The average molecular weight is 321 g/mol. The Morgan fingerprint density at radius 1 is 1.05 bits per heavy atom. The summed E-state index contributed by atoms with van der Waals surface area (Å²) in [6.07, 6.45) is 0.177. The first-order valence-corrected chi connectivity index (χ1v) is 7.18. The van der Waals surface area contributed by atoms with Gasteiger partial charge in [-0.3, -0.25) is 9.97 Å². The van der Waals surface area contributed by atoms with Gasteiger partial charge in [0.05, 0.1) is 10.6 Å². The van der Waals surface area contributed by atoms with E-state index in [1.165, 1.54) is 23.6 Å². The zero-order chi connectivity index (χ0) is 15.7. The van der Waals surface area contributed by atoms with Crippen LogP contribution in [0.1, 0.15) is 11.4 Å². The first-order valence-electron chi connectivity index (χ1n) is 6.36. The number of rotatable bonds is 2. The van der Waals surface area contributed by atoms with Crippen molar-refractivity contribution in [3.05, 3.63) is 54.2 Å². The minimum absolute atomic E-state index is 0.623. The molecule has 0 aromatic carbocycles. The van der Waals surface area contributed by atoms with E-state index in [0.29, 0.717) is 5.56 Å². The molecule has 0 unspecified atom stereocenters. The second-order valence-corrected chi connectivity index (χ2v) is 5.60. The van der Waals surface area contributed by atoms with Gasteiger partial charge in [0.25, 0.3) is 0 Å². The van der Waals surface area contributed by atoms with Crippen LogP contribution < -0.4 is 0 Å². The predicted octanol–water partition coefficient (Wildman–Crippen LogP) is 4.59. The summed E-state index contributed by atoms with van der Waals surface area (Å²) in [6.45, 7) is 1.82. The van der Waals surface area contributed by atoms with Crippen LogP contribution in [0.4, 0.5) is 13.2 Å². The summed E-state index contributed by atoms with van der Waals surface area (Å²) in [5.74, 6) is 0. The van der Waals surface area contributed by atoms with Gasteiger partial charge in [0.2, 0.25) is 0 Å². The Labute approximate surface area is 128 Å². The van der Waals surface area contributed by atoms with Crippen molar-refractivity contribution < 1.29 is 13.2 Å². The van der Waals surface area contributed by atoms with E-state index in [2.05, 4.69) is 15.0 Å². The quantitative estimate of drug-likeness (QED) is 0.693. The van der Waals surface area contributed by atoms with E-state index >= 15 is 0 Å². The number of halogens is 3. The highest BCUT2D eigenvalue weighted by molar-refractivity contribution is 7.18. The van der Waals surface area contributed by atoms with Crippen LogP contribution in [-0.2, 0) is 6.18 Å². The van der Waals surface area contributed by atoms with Gasteiger partial charge in [0.1, 0.15) is 10.7 Å². The highest BCUT2D eigenvalue weighted by atomic mass is 32.1. The van der Waals surface area contributed by atoms with Gasteiger partial charge in [0.15, 0.2) is 0 Å². The lowest BCUT2D eigenvalue weighted by molar-refractivity contribution is -0.141. The Hall–Kier alpha value is -2.28. The number of hydrogen-bond donors (Lipinski definition) is 0. The molecular formula is C15H10F3N3S. The molecule has 112 valence electrons. The molecule has 0 saturated heterocycles. The molecule has 22 heavy (non-hydrogen) atoms. The standard InChI is InChI=1S/C15H10F3N3S/c1-9-13(10-4-5-12(20-8-10)15(16,17)18)22-14(21-9)11-3-2-6-19-7-11/h2-8H,1H3. The Morgan fingerprint density at radius 3 is 2.45 bits per heavy atom. The molecule has 0 bridgehead atoms. The van der Waals surface area contributed by atoms with Crippen molar-refractivity contribution >= 4 is 11.3 Å². The first-order chi connectivity index (χ1) is 10.4. The largest absolute Gasteiger partial charge is 0.433 e. The fraction of sp³-hybridized carbons (Fsp3) is 0.133. The highest BCUT2D eigenvalue weighted by Gasteiger charge is 2.32. The molecule has 3 rings (SSSR count). The van der Waals surface area contributed by atoms with Crippen molar-refractivity contribution in [2.45, 2.75) is 13.1 Å². The van der Waals surface area contributed by atoms with Crippen LogP contribution in [0.3, 0.4) is 0 Å². The van der Waals surface area contributed by atoms with E-state index in [-0.39, 0.29) is 0 Å². The van der Waals surface area contributed by atoms with Crippen molar-refractivity contribution in [2.75, 3.05) is 0 Å². The third-order valence-corrected chi connectivity index (χ3v) is 4.28. The summed E-state index contributed by atoms with van der Waals surface area (Å²) in [5, 5.41) is 0.778. The van der Waals surface area contributed by atoms with E-state index in [0.717, 1.165) is 27.2 Å². The van der Waals surface area contributed by atoms with Crippen LogP contribution in [0.15, 0.2) is 42.9 Å². The van der Waals surface area contributed by atoms with Crippen molar-refractivity contribution in [2.24, 2.45) is 0 Å². The number of alkyl halides is 3. The Bertz CT molecular complexity index is 780. The number of nitrogens with zero attached hydrogens (tertiary/aromatic N) is 3. The zero-order valence-electron chi connectivity index (χ0n) is 11.4. The molecule has 3 nitrogen and oxygen atoms in total. The topological polar surface area (TPSA) is 38.7 Å². The second kappa shape index (κ2) is 5.49. The van der Waals surface area contributed by atoms with Crippen molar-refractivity contribution in [1.82, 2.24) is 15.0 Å². The van der Waals surface area contributed by atoms with E-state index in [1.807, 2.05) is 19.1 Å². The summed E-state index contributed by atoms with van der Waals surface area (Å²) in [6, 6.07) is 6.10. The number of aromatic nitrogens is 3. The van der Waals surface area contributed by atoms with Gasteiger partial charge < -0.3 is 0 Å². The monoisotopic (exact) mass is 321 g/mol. The van der Waals surface area contributed by atoms with E-state index < -0.39 is 11.9 Å². The molecule has 0 N–H and O–H groups in total. The zero-order valence-corrected chi connectivity index (χ0v) is 12.2. The molecule has 0 aliphatic carbocycles. The summed E-state index contributed by atoms with van der Waals surface area (Å²) < 4.78 is 37.6. The molecule has 0 atom stereocenters. The molecule has 0 fully saturated rings. The van der Waals surface area contributed by atoms with Gasteiger partial charge >= 0.3 is 6.18 Å². The summed E-state index contributed by atoms with van der Waals surface area (Å²) in [7, 11) is 0. The summed E-state index contributed by atoms with van der Waals surface area (Å²) in [5.41, 5.74) is 1.36. The van der Waals surface area contributed by atoms with E-state index in [1.54, 1.807) is 12.4 Å². The molecule has 3 heterocycles. The Kier molecular flexibility index (Phi) is 3.66. The van der Waals surface area contributed by atoms with Crippen LogP contribution in [0.25, 0.3) is 21.0 Å². The van der Waals surface area contributed by atoms with Crippen molar-refractivity contribution in [3.63, 3.8) is 0 Å². The molecule has 3 aromatic rings. The first kappa shape index (κ1) is 14.6. The van der Waals surface area contributed by atoms with Crippen LogP contribution in [0, 0.1) is 6.92 Å². The van der Waals surface area contributed by atoms with E-state index in [4.69, 9.17) is 0 Å². The van der Waals surface area contributed by atoms with Gasteiger partial charge in [-0.15, -0.1) is 11.3 Å². The van der Waals surface area contributed by atoms with Gasteiger partial charge in [-0.25, -0.2) is 4.98 Å². The van der Waals surface area contributed by atoms with Gasteiger partial charge in [-0.2, -0.15) is 13.2 Å². The maximum atomic E-state index is 12.5. The normalized spacial score (nSPS) is 11.6. The Morgan fingerprint density at radius 2 is 1.86 bits per heavy atom. The number of aryl methyl sites for hydroxylation is 1. The molecule has 7 heteroatoms. The fourth-order valence-corrected chi connectivity index (χ4v) is 3.02. The van der Waals surface area contributed by atoms with Crippen molar-refractivity contribution in [3.8, 4) is 21.0 Å². The maximum absolute atomic E-state index is 12.5. The second-order valence-electron chi connectivity index (χ2n) is 4.61. The van der Waals surface area contributed by atoms with Crippen LogP contribution in [0.5, 0.6) is 0 Å². The third-order valence-electron chi connectivity index (χ3n) is 3.02. The van der Waals surface area contributed by atoms with Crippen LogP contribution >= 0.6 is 11.3 Å². The molecular weight excluding hydrogens is 311 g/mol. The van der Waals surface area contributed by atoms with Gasteiger partial charge in [-0.1, -0.05) is 0 Å². The molecule has 3 aromatic heterocycles. The molecule has 0 radical (unpaired) electrons. The molecule has 0 saturated carbocycles. The lowest BCUT2D eigenvalue weighted by Gasteiger charge is -2.05. The van der Waals surface area contributed by atoms with E-state index in [9.17, 15) is 13.2 Å². The number of pyridine rings is 2. The predicted molar refractivity (Wildman–Crippen MR) is 78.3 cm³/mol. The Balaban J connectivity index is 1.98. The minimum Gasteiger partial charge on any atom is -0.264 e. The number of thiazole rings is 1. The third kappa shape index (κ3) is 2.85. The lowest BCUT2D eigenvalue weighted by atomic mass is 10.2. The highest BCUT2D eigenvalue weighted by Crippen LogP contribution is 2.35. The SMILES string of the molecule is Cc1nc(-c2cccnc2)sc1-c1ccc(C(F)(F)F)nc1. The lowest BCUT2D eigenvalue weighted by Crippen LogP contribution is -2.07. The minimum atomic E-state index is -4.43. The summed E-state index contributed by atoms with van der Waals surface area (Å²) in [4.78, 5) is 12.8. The van der Waals surface area contributed by atoms with Crippen LogP contribution in [-0.4, -0.2) is 15.0 Å². The van der Waals surface area contributed by atoms with Crippen molar-refractivity contribution in [1.29, 1.82) is 0 Å². The molecule has 0 aliphatic heterocycles. The average Bonchev–Trinajstić information content (AvgIpc) is 2.89. The fourth-order valence-electron chi connectivity index (χ4n) is 1.97. The summed E-state index contributed by atoms with van der Waals surface area (Å²) >= 11 is 1.41. The van der Waals surface area contributed by atoms with Gasteiger partial charge in [-0.05, 0) is 31.2 Å². The molecule has 0 aliphatic rings.